The first-order chi connectivity index (χ1) is 11.2. The van der Waals surface area contributed by atoms with Gasteiger partial charge in [0.25, 0.3) is 0 Å². The monoisotopic (exact) mass is 328 g/mol. The predicted molar refractivity (Wildman–Crippen MR) is 94.6 cm³/mol. The van der Waals surface area contributed by atoms with Gasteiger partial charge in [-0.2, -0.15) is 0 Å². The van der Waals surface area contributed by atoms with E-state index >= 15 is 0 Å². The van der Waals surface area contributed by atoms with E-state index in [9.17, 15) is 4.79 Å². The van der Waals surface area contributed by atoms with E-state index in [1.165, 1.54) is 11.3 Å². The van der Waals surface area contributed by atoms with Crippen molar-refractivity contribution in [2.75, 3.05) is 13.1 Å². The largest absolute Gasteiger partial charge is 0.342 e. The van der Waals surface area contributed by atoms with Gasteiger partial charge in [-0.25, -0.2) is 0 Å². The van der Waals surface area contributed by atoms with Gasteiger partial charge < -0.3 is 4.90 Å². The number of likely N-dealkylation sites (tertiary alicyclic amines) is 1. The lowest BCUT2D eigenvalue weighted by molar-refractivity contribution is -0.132. The second-order valence-corrected chi connectivity index (χ2v) is 7.43. The summed E-state index contributed by atoms with van der Waals surface area (Å²) in [5.74, 6) is 0.851. The Kier molecular flexibility index (Phi) is 5.44. The maximum Gasteiger partial charge on any atom is 0.222 e. The third kappa shape index (κ3) is 4.64. The molecule has 2 aromatic heterocycles. The third-order valence-electron chi connectivity index (χ3n) is 4.48. The molecule has 1 aliphatic rings. The summed E-state index contributed by atoms with van der Waals surface area (Å²) in [5.41, 5.74) is 2.23. The summed E-state index contributed by atoms with van der Waals surface area (Å²) < 4.78 is 0. The highest BCUT2D eigenvalue weighted by Crippen LogP contribution is 2.21. The Morgan fingerprint density at radius 3 is 3.04 bits per heavy atom. The number of nitrogens with zero attached hydrogens (tertiary/aromatic N) is 2. The fraction of sp³-hybridized carbons (Fsp3) is 0.474. The molecule has 122 valence electrons. The molecule has 0 N–H and O–H groups in total. The summed E-state index contributed by atoms with van der Waals surface area (Å²) in [6.07, 6.45) is 4.80. The summed E-state index contributed by atoms with van der Waals surface area (Å²) in [4.78, 5) is 20.4. The highest BCUT2D eigenvalue weighted by molar-refractivity contribution is 7.09. The van der Waals surface area contributed by atoms with Crippen LogP contribution in [0.4, 0.5) is 0 Å². The minimum Gasteiger partial charge on any atom is -0.342 e. The molecule has 0 unspecified atom stereocenters. The molecule has 3 rings (SSSR count). The topological polar surface area (TPSA) is 33.2 Å². The molecule has 23 heavy (non-hydrogen) atoms. The average Bonchev–Trinajstić information content (AvgIpc) is 3.06. The van der Waals surface area contributed by atoms with Crippen molar-refractivity contribution in [1.82, 2.24) is 9.88 Å². The van der Waals surface area contributed by atoms with Crippen molar-refractivity contribution < 1.29 is 4.79 Å². The minimum absolute atomic E-state index is 0.306. The lowest BCUT2D eigenvalue weighted by atomic mass is 9.93. The van der Waals surface area contributed by atoms with E-state index < -0.39 is 0 Å². The molecule has 0 radical (unpaired) electrons. The molecule has 0 saturated carbocycles. The normalized spacial score (nSPS) is 18.1. The van der Waals surface area contributed by atoms with Crippen LogP contribution in [0.25, 0.3) is 0 Å². The summed E-state index contributed by atoms with van der Waals surface area (Å²) in [6, 6.07) is 10.4. The van der Waals surface area contributed by atoms with Gasteiger partial charge in [0.15, 0.2) is 0 Å². The van der Waals surface area contributed by atoms with Crippen molar-refractivity contribution in [2.45, 2.75) is 39.0 Å². The first-order valence-electron chi connectivity index (χ1n) is 8.43. The number of hydrogen-bond acceptors (Lipinski definition) is 3. The average molecular weight is 328 g/mol. The number of carbonyl (C=O) groups is 1. The zero-order valence-corrected chi connectivity index (χ0v) is 14.5. The van der Waals surface area contributed by atoms with Crippen molar-refractivity contribution >= 4 is 17.2 Å². The van der Waals surface area contributed by atoms with Gasteiger partial charge in [-0.15, -0.1) is 11.3 Å². The molecule has 2 aromatic rings. The van der Waals surface area contributed by atoms with Gasteiger partial charge in [-0.05, 0) is 62.1 Å². The van der Waals surface area contributed by atoms with Gasteiger partial charge in [0, 0.05) is 35.8 Å². The number of rotatable bonds is 5. The van der Waals surface area contributed by atoms with E-state index in [-0.39, 0.29) is 0 Å². The van der Waals surface area contributed by atoms with Crippen LogP contribution in [0.2, 0.25) is 0 Å². The van der Waals surface area contributed by atoms with Crippen LogP contribution >= 0.6 is 11.3 Å². The van der Waals surface area contributed by atoms with Crippen LogP contribution in [-0.2, 0) is 17.6 Å². The van der Waals surface area contributed by atoms with E-state index in [1.807, 2.05) is 13.0 Å². The fourth-order valence-corrected chi connectivity index (χ4v) is 4.02. The SMILES string of the molecule is Cc1cccc(C[C@@H]2CCCN(C(=O)CCc3cccs3)C2)n1. The number of thiophene rings is 1. The Balaban J connectivity index is 1.52. The Bertz CT molecular complexity index is 639. The van der Waals surface area contributed by atoms with Crippen molar-refractivity contribution in [3.63, 3.8) is 0 Å². The quantitative estimate of drug-likeness (QED) is 0.835. The number of pyridine rings is 1. The number of carbonyl (C=O) groups excluding carboxylic acids is 1. The van der Waals surface area contributed by atoms with Gasteiger partial charge in [-0.1, -0.05) is 12.1 Å². The first kappa shape index (κ1) is 16.2. The molecule has 4 heteroatoms. The Labute approximate surface area is 142 Å². The van der Waals surface area contributed by atoms with Crippen LogP contribution in [0.15, 0.2) is 35.7 Å². The molecule has 0 aliphatic carbocycles. The van der Waals surface area contributed by atoms with Crippen molar-refractivity contribution in [1.29, 1.82) is 0 Å². The zero-order valence-electron chi connectivity index (χ0n) is 13.7. The molecule has 3 nitrogen and oxygen atoms in total. The lowest BCUT2D eigenvalue weighted by Gasteiger charge is -2.33. The van der Waals surface area contributed by atoms with E-state index in [1.54, 1.807) is 11.3 Å². The molecule has 0 bridgehead atoms. The molecular weight excluding hydrogens is 304 g/mol. The van der Waals surface area contributed by atoms with Gasteiger partial charge in [0.1, 0.15) is 0 Å². The van der Waals surface area contributed by atoms with Crippen LogP contribution in [0.1, 0.15) is 35.5 Å². The molecule has 1 amide bonds. The third-order valence-corrected chi connectivity index (χ3v) is 5.42. The molecule has 0 spiro atoms. The number of piperidine rings is 1. The summed E-state index contributed by atoms with van der Waals surface area (Å²) >= 11 is 1.74. The Morgan fingerprint density at radius 1 is 1.35 bits per heavy atom. The predicted octanol–water partition coefficient (Wildman–Crippen LogP) is 3.87. The second kappa shape index (κ2) is 7.73. The lowest BCUT2D eigenvalue weighted by Crippen LogP contribution is -2.40. The molecule has 1 fully saturated rings. The fourth-order valence-electron chi connectivity index (χ4n) is 3.31. The van der Waals surface area contributed by atoms with Crippen LogP contribution in [0.3, 0.4) is 0 Å². The van der Waals surface area contributed by atoms with Gasteiger partial charge in [-0.3, -0.25) is 9.78 Å². The number of aryl methyl sites for hydroxylation is 2. The van der Waals surface area contributed by atoms with Crippen LogP contribution in [0.5, 0.6) is 0 Å². The smallest absolute Gasteiger partial charge is 0.222 e. The van der Waals surface area contributed by atoms with Crippen molar-refractivity contribution in [3.8, 4) is 0 Å². The van der Waals surface area contributed by atoms with E-state index in [2.05, 4.69) is 39.5 Å². The number of hydrogen-bond donors (Lipinski definition) is 0. The van der Waals surface area contributed by atoms with Crippen LogP contribution in [-0.4, -0.2) is 28.9 Å². The molecule has 1 aliphatic heterocycles. The standard InChI is InChI=1S/C19H24N2OS/c1-15-5-2-7-17(20-15)13-16-6-3-11-21(14-16)19(22)10-9-18-8-4-12-23-18/h2,4-5,7-8,12,16H,3,6,9-11,13-14H2,1H3/t16-/m0/s1. The van der Waals surface area contributed by atoms with Gasteiger partial charge >= 0.3 is 0 Å². The molecular formula is C19H24N2OS. The summed E-state index contributed by atoms with van der Waals surface area (Å²) in [6.45, 7) is 3.84. The zero-order chi connectivity index (χ0) is 16.1. The minimum atomic E-state index is 0.306. The first-order valence-corrected chi connectivity index (χ1v) is 9.31. The Morgan fingerprint density at radius 2 is 2.26 bits per heavy atom. The molecule has 1 atom stereocenters. The highest BCUT2D eigenvalue weighted by atomic mass is 32.1. The van der Waals surface area contributed by atoms with Crippen LogP contribution < -0.4 is 0 Å². The van der Waals surface area contributed by atoms with E-state index in [0.717, 1.165) is 43.7 Å². The summed E-state index contributed by atoms with van der Waals surface area (Å²) in [5, 5.41) is 2.07. The molecule has 1 saturated heterocycles. The number of amides is 1. The second-order valence-electron chi connectivity index (χ2n) is 6.40. The summed E-state index contributed by atoms with van der Waals surface area (Å²) in [7, 11) is 0. The van der Waals surface area contributed by atoms with Gasteiger partial charge in [0.2, 0.25) is 5.91 Å². The van der Waals surface area contributed by atoms with E-state index in [4.69, 9.17) is 0 Å². The van der Waals surface area contributed by atoms with Crippen molar-refractivity contribution in [3.05, 3.63) is 52.0 Å². The van der Waals surface area contributed by atoms with E-state index in [0.29, 0.717) is 18.2 Å². The highest BCUT2D eigenvalue weighted by Gasteiger charge is 2.23. The molecule has 0 aromatic carbocycles. The van der Waals surface area contributed by atoms with Crippen molar-refractivity contribution in [2.24, 2.45) is 5.92 Å². The molecule has 3 heterocycles. The number of aromatic nitrogens is 1. The maximum absolute atomic E-state index is 12.5. The van der Waals surface area contributed by atoms with Crippen LogP contribution in [0, 0.1) is 12.8 Å². The maximum atomic E-state index is 12.5. The Hall–Kier alpha value is -1.68. The van der Waals surface area contributed by atoms with Gasteiger partial charge in [0.05, 0.1) is 0 Å².